The van der Waals surface area contributed by atoms with Crippen molar-refractivity contribution in [2.75, 3.05) is 13.2 Å². The van der Waals surface area contributed by atoms with Gasteiger partial charge in [-0.15, -0.1) is 0 Å². The van der Waals surface area contributed by atoms with Crippen molar-refractivity contribution in [2.45, 2.75) is 38.4 Å². The van der Waals surface area contributed by atoms with Crippen molar-refractivity contribution in [2.24, 2.45) is 5.92 Å². The van der Waals surface area contributed by atoms with Crippen molar-refractivity contribution in [3.63, 3.8) is 0 Å². The first-order valence-electron chi connectivity index (χ1n) is 4.80. The Balaban J connectivity index is 2.40. The van der Waals surface area contributed by atoms with Crippen molar-refractivity contribution in [3.05, 3.63) is 0 Å². The highest BCUT2D eigenvalue weighted by atomic mass is 16.7. The molecule has 0 bridgehead atoms. The second-order valence-corrected chi connectivity index (χ2v) is 3.93. The Hall–Kier alpha value is -0.200. The van der Waals surface area contributed by atoms with E-state index in [0.717, 1.165) is 0 Å². The first-order valence-corrected chi connectivity index (χ1v) is 4.80. The smallest absolute Gasteiger partial charge is 0.186 e. The van der Waals surface area contributed by atoms with E-state index in [0.29, 0.717) is 12.5 Å². The zero-order chi connectivity index (χ0) is 10.7. The van der Waals surface area contributed by atoms with Gasteiger partial charge in [-0.3, -0.25) is 0 Å². The fraction of sp³-hybridized carbons (Fsp3) is 1.00. The number of hydrogen-bond acceptors (Lipinski definition) is 5. The van der Waals surface area contributed by atoms with Crippen LogP contribution in [-0.2, 0) is 9.47 Å². The lowest BCUT2D eigenvalue weighted by atomic mass is 10.1. The monoisotopic (exact) mass is 206 g/mol. The molecule has 0 aromatic rings. The molecule has 0 aliphatic carbocycles. The molecule has 0 spiro atoms. The zero-order valence-corrected chi connectivity index (χ0v) is 8.46. The molecule has 1 aliphatic heterocycles. The van der Waals surface area contributed by atoms with Crippen LogP contribution in [0.15, 0.2) is 0 Å². The second-order valence-electron chi connectivity index (χ2n) is 3.93. The summed E-state index contributed by atoms with van der Waals surface area (Å²) in [4.78, 5) is 0. The van der Waals surface area contributed by atoms with Crippen LogP contribution in [0.4, 0.5) is 0 Å². The quantitative estimate of drug-likeness (QED) is 0.555. The van der Waals surface area contributed by atoms with Crippen LogP contribution in [0.25, 0.3) is 0 Å². The predicted molar refractivity (Wildman–Crippen MR) is 48.6 cm³/mol. The molecule has 4 atom stereocenters. The summed E-state index contributed by atoms with van der Waals surface area (Å²) in [7, 11) is 0. The van der Waals surface area contributed by atoms with Gasteiger partial charge in [0.2, 0.25) is 0 Å². The summed E-state index contributed by atoms with van der Waals surface area (Å²) in [5.74, 6) is 0.330. The minimum atomic E-state index is -1.08. The largest absolute Gasteiger partial charge is 0.394 e. The van der Waals surface area contributed by atoms with Gasteiger partial charge in [-0.05, 0) is 5.92 Å². The first-order chi connectivity index (χ1) is 6.56. The molecule has 3 N–H and O–H groups in total. The molecule has 1 heterocycles. The molecule has 0 saturated carbocycles. The minimum absolute atomic E-state index is 0.320. The molecule has 0 aromatic heterocycles. The van der Waals surface area contributed by atoms with Gasteiger partial charge in [-0.25, -0.2) is 0 Å². The van der Waals surface area contributed by atoms with Crippen LogP contribution < -0.4 is 0 Å². The van der Waals surface area contributed by atoms with E-state index in [4.69, 9.17) is 14.6 Å². The molecular formula is C9H18O5. The Morgan fingerprint density at radius 1 is 1.29 bits per heavy atom. The SMILES string of the molecule is CC(C)COC1O[C@@H](CO)[C@H](O)[C@H]1O. The van der Waals surface area contributed by atoms with Crippen LogP contribution in [0, 0.1) is 5.92 Å². The molecule has 1 unspecified atom stereocenters. The third-order valence-corrected chi connectivity index (χ3v) is 2.09. The number of hydrogen-bond donors (Lipinski definition) is 3. The Morgan fingerprint density at radius 2 is 1.93 bits per heavy atom. The molecule has 5 heteroatoms. The maximum absolute atomic E-state index is 9.46. The highest BCUT2D eigenvalue weighted by Crippen LogP contribution is 2.22. The molecule has 1 fully saturated rings. The fourth-order valence-corrected chi connectivity index (χ4v) is 1.29. The normalized spacial score (nSPS) is 38.1. The lowest BCUT2D eigenvalue weighted by Gasteiger charge is -2.16. The summed E-state index contributed by atoms with van der Waals surface area (Å²) in [5, 5.41) is 27.6. The van der Waals surface area contributed by atoms with Crippen molar-refractivity contribution in [3.8, 4) is 0 Å². The summed E-state index contributed by atoms with van der Waals surface area (Å²) < 4.78 is 10.3. The van der Waals surface area contributed by atoms with Gasteiger partial charge >= 0.3 is 0 Å². The van der Waals surface area contributed by atoms with E-state index < -0.39 is 24.6 Å². The van der Waals surface area contributed by atoms with Crippen molar-refractivity contribution in [1.82, 2.24) is 0 Å². The van der Waals surface area contributed by atoms with Gasteiger partial charge in [0.25, 0.3) is 0 Å². The molecule has 0 aromatic carbocycles. The Morgan fingerprint density at radius 3 is 2.36 bits per heavy atom. The topological polar surface area (TPSA) is 79.2 Å². The highest BCUT2D eigenvalue weighted by Gasteiger charge is 2.42. The molecule has 5 nitrogen and oxygen atoms in total. The van der Waals surface area contributed by atoms with Gasteiger partial charge in [-0.2, -0.15) is 0 Å². The van der Waals surface area contributed by atoms with Crippen LogP contribution in [0.2, 0.25) is 0 Å². The van der Waals surface area contributed by atoms with Gasteiger partial charge in [0, 0.05) is 0 Å². The van der Waals surface area contributed by atoms with Crippen LogP contribution >= 0.6 is 0 Å². The van der Waals surface area contributed by atoms with E-state index in [-0.39, 0.29) is 6.61 Å². The van der Waals surface area contributed by atoms with Gasteiger partial charge in [0.05, 0.1) is 13.2 Å². The highest BCUT2D eigenvalue weighted by molar-refractivity contribution is 4.86. The molecule has 1 aliphatic rings. The summed E-state index contributed by atoms with van der Waals surface area (Å²) in [6.45, 7) is 4.08. The number of aliphatic hydroxyl groups excluding tert-OH is 3. The average molecular weight is 206 g/mol. The molecule has 84 valence electrons. The molecule has 1 saturated heterocycles. The van der Waals surface area contributed by atoms with E-state index in [1.54, 1.807) is 0 Å². The Bertz CT molecular complexity index is 173. The lowest BCUT2D eigenvalue weighted by molar-refractivity contribution is -0.174. The summed E-state index contributed by atoms with van der Waals surface area (Å²) in [5.41, 5.74) is 0. The molecule has 1 rings (SSSR count). The van der Waals surface area contributed by atoms with E-state index in [9.17, 15) is 10.2 Å². The van der Waals surface area contributed by atoms with Crippen LogP contribution in [0.3, 0.4) is 0 Å². The number of ether oxygens (including phenoxy) is 2. The Labute approximate surface area is 83.3 Å². The van der Waals surface area contributed by atoms with Crippen LogP contribution in [0.1, 0.15) is 13.8 Å². The van der Waals surface area contributed by atoms with Gasteiger partial charge in [0.15, 0.2) is 6.29 Å². The molecule has 14 heavy (non-hydrogen) atoms. The third kappa shape index (κ3) is 2.65. The molecule has 0 amide bonds. The van der Waals surface area contributed by atoms with Gasteiger partial charge < -0.3 is 24.8 Å². The predicted octanol–water partition coefficient (Wildman–Crippen LogP) is -0.902. The average Bonchev–Trinajstić information content (AvgIpc) is 2.41. The first kappa shape index (κ1) is 11.9. The Kier molecular flexibility index (Phi) is 4.28. The second kappa shape index (κ2) is 5.04. The van der Waals surface area contributed by atoms with E-state index >= 15 is 0 Å². The number of rotatable bonds is 4. The van der Waals surface area contributed by atoms with E-state index in [2.05, 4.69) is 0 Å². The maximum atomic E-state index is 9.46. The summed E-state index contributed by atoms with van der Waals surface area (Å²) in [6.07, 6.45) is -3.73. The van der Waals surface area contributed by atoms with Crippen molar-refractivity contribution in [1.29, 1.82) is 0 Å². The summed E-state index contributed by atoms with van der Waals surface area (Å²) in [6, 6.07) is 0. The third-order valence-electron chi connectivity index (χ3n) is 2.09. The van der Waals surface area contributed by atoms with Gasteiger partial charge in [-0.1, -0.05) is 13.8 Å². The van der Waals surface area contributed by atoms with Crippen molar-refractivity contribution >= 4 is 0 Å². The minimum Gasteiger partial charge on any atom is -0.394 e. The fourth-order valence-electron chi connectivity index (χ4n) is 1.29. The van der Waals surface area contributed by atoms with E-state index in [1.165, 1.54) is 0 Å². The maximum Gasteiger partial charge on any atom is 0.186 e. The van der Waals surface area contributed by atoms with Crippen LogP contribution in [0.5, 0.6) is 0 Å². The lowest BCUT2D eigenvalue weighted by Crippen LogP contribution is -2.34. The van der Waals surface area contributed by atoms with Crippen molar-refractivity contribution < 1.29 is 24.8 Å². The van der Waals surface area contributed by atoms with Crippen LogP contribution in [-0.4, -0.2) is 53.1 Å². The van der Waals surface area contributed by atoms with E-state index in [1.807, 2.05) is 13.8 Å². The van der Waals surface area contributed by atoms with Gasteiger partial charge in [0.1, 0.15) is 18.3 Å². The standard InChI is InChI=1S/C9H18O5/c1-5(2)4-13-9-8(12)7(11)6(3-10)14-9/h5-12H,3-4H2,1-2H3/t6-,7-,8+,9?/m0/s1. The summed E-state index contributed by atoms with van der Waals surface area (Å²) >= 11 is 0. The number of aliphatic hydroxyl groups is 3. The zero-order valence-electron chi connectivity index (χ0n) is 8.46. The molecular weight excluding hydrogens is 188 g/mol. The molecule has 0 radical (unpaired) electrons.